The first-order valence-electron chi connectivity index (χ1n) is 11.1. The zero-order valence-electron chi connectivity index (χ0n) is 20.3. The van der Waals surface area contributed by atoms with Crippen LogP contribution < -0.4 is 5.73 Å². The van der Waals surface area contributed by atoms with Gasteiger partial charge in [0.1, 0.15) is 17.0 Å². The van der Waals surface area contributed by atoms with Gasteiger partial charge in [-0.1, -0.05) is 5.16 Å². The van der Waals surface area contributed by atoms with Gasteiger partial charge in [-0.25, -0.2) is 9.59 Å². The number of carbonyl (C=O) groups excluding carboxylic acids is 2. The Kier molecular flexibility index (Phi) is 10.1. The summed E-state index contributed by atoms with van der Waals surface area (Å²) < 4.78 is 10.5. The van der Waals surface area contributed by atoms with Crippen molar-refractivity contribution in [3.05, 3.63) is 0 Å². The number of nitrogens with zero attached hydrogens (tertiary/aromatic N) is 4. The molecule has 2 aliphatic rings. The summed E-state index contributed by atoms with van der Waals surface area (Å²) in [5.41, 5.74) is 4.62. The number of amides is 2. The van der Waals surface area contributed by atoms with Gasteiger partial charge in [0.15, 0.2) is 0 Å². The summed E-state index contributed by atoms with van der Waals surface area (Å²) in [6.45, 7) is 13.5. The molecular formula is C22H39N5O5. The van der Waals surface area contributed by atoms with Crippen LogP contribution in [0.4, 0.5) is 9.59 Å². The summed E-state index contributed by atoms with van der Waals surface area (Å²) in [5, 5.41) is 20.3. The number of amidine groups is 1. The highest BCUT2D eigenvalue weighted by Gasteiger charge is 2.28. The third-order valence-corrected chi connectivity index (χ3v) is 5.01. The van der Waals surface area contributed by atoms with Crippen LogP contribution >= 0.6 is 0 Å². The van der Waals surface area contributed by atoms with E-state index in [1.165, 1.54) is 0 Å². The number of oxime groups is 1. The Balaban J connectivity index is 0.000000323. The Hall–Kier alpha value is -2.70. The molecule has 0 saturated carbocycles. The summed E-state index contributed by atoms with van der Waals surface area (Å²) in [4.78, 5) is 26.7. The molecule has 32 heavy (non-hydrogen) atoms. The Morgan fingerprint density at radius 3 is 1.59 bits per heavy atom. The zero-order chi connectivity index (χ0) is 24.5. The normalized spacial score (nSPS) is 18.8. The molecule has 2 aliphatic heterocycles. The van der Waals surface area contributed by atoms with E-state index in [1.54, 1.807) is 9.80 Å². The van der Waals surface area contributed by atoms with Gasteiger partial charge in [0, 0.05) is 38.0 Å². The van der Waals surface area contributed by atoms with Crippen molar-refractivity contribution in [2.75, 3.05) is 26.2 Å². The zero-order valence-corrected chi connectivity index (χ0v) is 20.3. The molecular weight excluding hydrogens is 414 g/mol. The van der Waals surface area contributed by atoms with E-state index >= 15 is 0 Å². The first kappa shape index (κ1) is 27.3. The van der Waals surface area contributed by atoms with Crippen molar-refractivity contribution < 1.29 is 24.3 Å². The van der Waals surface area contributed by atoms with Crippen molar-refractivity contribution in [3.63, 3.8) is 0 Å². The van der Waals surface area contributed by atoms with Crippen LogP contribution in [0.15, 0.2) is 5.16 Å². The fourth-order valence-electron chi connectivity index (χ4n) is 3.28. The number of carbonyl (C=O) groups is 2. The molecule has 0 bridgehead atoms. The highest BCUT2D eigenvalue weighted by atomic mass is 16.6. The number of piperidine rings is 2. The number of rotatable bonds is 1. The van der Waals surface area contributed by atoms with Gasteiger partial charge in [0.25, 0.3) is 0 Å². The van der Waals surface area contributed by atoms with Crippen LogP contribution in [0, 0.1) is 23.2 Å². The summed E-state index contributed by atoms with van der Waals surface area (Å²) in [7, 11) is 0. The number of hydrogen-bond donors (Lipinski definition) is 2. The van der Waals surface area contributed by atoms with Gasteiger partial charge >= 0.3 is 12.2 Å². The minimum Gasteiger partial charge on any atom is -0.444 e. The van der Waals surface area contributed by atoms with Crippen LogP contribution in [0.2, 0.25) is 0 Å². The van der Waals surface area contributed by atoms with E-state index in [0.717, 1.165) is 12.8 Å². The Morgan fingerprint density at radius 1 is 0.906 bits per heavy atom. The lowest BCUT2D eigenvalue weighted by Crippen LogP contribution is -2.44. The fourth-order valence-corrected chi connectivity index (χ4v) is 3.28. The van der Waals surface area contributed by atoms with Crippen LogP contribution in [0.25, 0.3) is 0 Å². The van der Waals surface area contributed by atoms with Crippen LogP contribution in [0.1, 0.15) is 67.2 Å². The lowest BCUT2D eigenvalue weighted by molar-refractivity contribution is 0.0189. The molecule has 0 unspecified atom stereocenters. The van der Waals surface area contributed by atoms with Gasteiger partial charge < -0.3 is 30.2 Å². The maximum atomic E-state index is 11.8. The van der Waals surface area contributed by atoms with E-state index in [4.69, 9.17) is 25.7 Å². The second-order valence-electron chi connectivity index (χ2n) is 10.1. The average Bonchev–Trinajstić information content (AvgIpc) is 2.71. The third-order valence-electron chi connectivity index (χ3n) is 5.01. The first-order chi connectivity index (χ1) is 14.8. The second kappa shape index (κ2) is 11.8. The lowest BCUT2D eigenvalue weighted by atomic mass is 9.96. The smallest absolute Gasteiger partial charge is 0.410 e. The summed E-state index contributed by atoms with van der Waals surface area (Å²) in [6.07, 6.45) is 2.37. The fraction of sp³-hybridized carbons (Fsp3) is 0.818. The Labute approximate surface area is 191 Å². The predicted molar refractivity (Wildman–Crippen MR) is 120 cm³/mol. The third kappa shape index (κ3) is 10.1. The maximum Gasteiger partial charge on any atom is 0.410 e. The van der Waals surface area contributed by atoms with Gasteiger partial charge in [0.2, 0.25) is 0 Å². The SMILES string of the molecule is CC(C)(C)OC(=O)N1CCC(C#N)CC1.CC(C)(C)OC(=O)N1CCC(C(N)=NO)CC1. The summed E-state index contributed by atoms with van der Waals surface area (Å²) >= 11 is 0. The van der Waals surface area contributed by atoms with Crippen molar-refractivity contribution >= 4 is 18.0 Å². The van der Waals surface area contributed by atoms with E-state index in [9.17, 15) is 9.59 Å². The van der Waals surface area contributed by atoms with Crippen molar-refractivity contribution in [1.29, 1.82) is 5.26 Å². The van der Waals surface area contributed by atoms with Crippen LogP contribution in [0.5, 0.6) is 0 Å². The molecule has 0 radical (unpaired) electrons. The molecule has 10 nitrogen and oxygen atoms in total. The van der Waals surface area contributed by atoms with Crippen molar-refractivity contribution in [1.82, 2.24) is 9.80 Å². The van der Waals surface area contributed by atoms with Crippen molar-refractivity contribution in [2.24, 2.45) is 22.7 Å². The molecule has 2 saturated heterocycles. The molecule has 0 aromatic rings. The largest absolute Gasteiger partial charge is 0.444 e. The topological polar surface area (TPSA) is 141 Å². The first-order valence-corrected chi connectivity index (χ1v) is 11.1. The molecule has 2 rings (SSSR count). The van der Waals surface area contributed by atoms with Gasteiger partial charge in [-0.05, 0) is 67.2 Å². The van der Waals surface area contributed by atoms with Gasteiger partial charge in [-0.15, -0.1) is 0 Å². The number of hydrogen-bond acceptors (Lipinski definition) is 7. The van der Waals surface area contributed by atoms with E-state index in [-0.39, 0.29) is 29.9 Å². The van der Waals surface area contributed by atoms with E-state index in [0.29, 0.717) is 39.0 Å². The van der Waals surface area contributed by atoms with Crippen LogP contribution in [0.3, 0.4) is 0 Å². The monoisotopic (exact) mass is 453 g/mol. The van der Waals surface area contributed by atoms with Gasteiger partial charge in [-0.2, -0.15) is 5.26 Å². The molecule has 0 atom stereocenters. The van der Waals surface area contributed by atoms with E-state index < -0.39 is 11.2 Å². The molecule has 182 valence electrons. The maximum absolute atomic E-state index is 11.8. The molecule has 2 amide bonds. The molecule has 0 aromatic heterocycles. The minimum absolute atomic E-state index is 0.0543. The minimum atomic E-state index is -0.473. The molecule has 2 heterocycles. The molecule has 0 spiro atoms. The van der Waals surface area contributed by atoms with Gasteiger partial charge in [-0.3, -0.25) is 0 Å². The Morgan fingerprint density at radius 2 is 1.28 bits per heavy atom. The van der Waals surface area contributed by atoms with Crippen molar-refractivity contribution in [3.8, 4) is 6.07 Å². The van der Waals surface area contributed by atoms with Crippen LogP contribution in [-0.4, -0.2) is 70.4 Å². The number of nitriles is 1. The summed E-state index contributed by atoms with van der Waals surface area (Å²) in [6, 6.07) is 2.23. The van der Waals surface area contributed by atoms with Crippen LogP contribution in [-0.2, 0) is 9.47 Å². The number of likely N-dealkylation sites (tertiary alicyclic amines) is 2. The highest BCUT2D eigenvalue weighted by Crippen LogP contribution is 2.20. The Bertz CT molecular complexity index is 689. The predicted octanol–water partition coefficient (Wildman–Crippen LogP) is 3.54. The van der Waals surface area contributed by atoms with E-state index in [2.05, 4.69) is 11.2 Å². The lowest BCUT2D eigenvalue weighted by Gasteiger charge is -2.32. The molecule has 2 fully saturated rings. The number of nitrogens with two attached hydrogens (primary N) is 1. The summed E-state index contributed by atoms with van der Waals surface area (Å²) in [5.74, 6) is 0.399. The quantitative estimate of drug-likeness (QED) is 0.268. The second-order valence-corrected chi connectivity index (χ2v) is 10.1. The molecule has 0 aromatic carbocycles. The molecule has 0 aliphatic carbocycles. The molecule has 3 N–H and O–H groups in total. The van der Waals surface area contributed by atoms with Crippen molar-refractivity contribution in [2.45, 2.75) is 78.4 Å². The van der Waals surface area contributed by atoms with Gasteiger partial charge in [0.05, 0.1) is 6.07 Å². The number of ether oxygens (including phenoxy) is 2. The standard InChI is InChI=1S/C11H21N3O3.C11H18N2O2/c1-11(2,3)17-10(15)14-6-4-8(5-7-14)9(12)13-16;1-11(2,3)15-10(14)13-6-4-9(8-12)5-7-13/h8,16H,4-7H2,1-3H3,(H2,12,13);9H,4-7H2,1-3H3. The highest BCUT2D eigenvalue weighted by molar-refractivity contribution is 5.82. The van der Waals surface area contributed by atoms with E-state index in [1.807, 2.05) is 41.5 Å². The molecule has 10 heteroatoms. The average molecular weight is 454 g/mol.